The highest BCUT2D eigenvalue weighted by Crippen LogP contribution is 2.15. The first-order chi connectivity index (χ1) is 10.1. The number of hydrogen-bond donors (Lipinski definition) is 2. The summed E-state index contributed by atoms with van der Waals surface area (Å²) >= 11 is 0. The smallest absolute Gasteiger partial charge is 0.377 e. The fourth-order valence-electron chi connectivity index (χ4n) is 1.86. The Bertz CT molecular complexity index is 667. The van der Waals surface area contributed by atoms with Gasteiger partial charge in [0.25, 0.3) is 5.78 Å². The van der Waals surface area contributed by atoms with Gasteiger partial charge in [-0.1, -0.05) is 42.5 Å². The molecule has 0 radical (unpaired) electrons. The number of Topliss-reactive ketones (excluding diaryl/α,β-unsaturated/α-hetero) is 1. The summed E-state index contributed by atoms with van der Waals surface area (Å²) in [6.45, 7) is 2.02. The molecule has 0 saturated heterocycles. The summed E-state index contributed by atoms with van der Waals surface area (Å²) in [7, 11) is 0. The minimum absolute atomic E-state index is 0.0868. The lowest BCUT2D eigenvalue weighted by Crippen LogP contribution is -2.15. The predicted molar refractivity (Wildman–Crippen MR) is 78.0 cm³/mol. The average Bonchev–Trinajstić information content (AvgIpc) is 2.49. The first kappa shape index (κ1) is 14.7. The zero-order valence-electron chi connectivity index (χ0n) is 11.5. The van der Waals surface area contributed by atoms with Crippen molar-refractivity contribution in [3.63, 3.8) is 0 Å². The normalized spacial score (nSPS) is 10.1. The Morgan fingerprint density at radius 3 is 2.48 bits per heavy atom. The zero-order valence-corrected chi connectivity index (χ0v) is 11.5. The Labute approximate surface area is 122 Å². The molecule has 0 aliphatic carbocycles. The SMILES string of the molecule is Cc1ccccc1NOCc1ccccc1C(=O)C(=O)O. The predicted octanol–water partition coefficient (Wildman–Crippen LogP) is 2.81. The summed E-state index contributed by atoms with van der Waals surface area (Å²) in [5, 5.41) is 8.79. The molecule has 0 saturated carbocycles. The van der Waals surface area contributed by atoms with E-state index < -0.39 is 11.8 Å². The van der Waals surface area contributed by atoms with Gasteiger partial charge >= 0.3 is 5.97 Å². The van der Waals surface area contributed by atoms with E-state index in [1.54, 1.807) is 18.2 Å². The first-order valence-corrected chi connectivity index (χ1v) is 6.38. The molecule has 0 unspecified atom stereocenters. The van der Waals surface area contributed by atoms with Gasteiger partial charge in [0.1, 0.15) is 6.61 Å². The number of carboxylic acid groups (broad SMARTS) is 1. The molecule has 0 aliphatic heterocycles. The molecule has 5 heteroatoms. The maximum Gasteiger partial charge on any atom is 0.377 e. The second-order valence-corrected chi connectivity index (χ2v) is 4.50. The van der Waals surface area contributed by atoms with Gasteiger partial charge in [0.15, 0.2) is 0 Å². The molecule has 0 atom stereocenters. The summed E-state index contributed by atoms with van der Waals surface area (Å²) in [6, 6.07) is 14.1. The lowest BCUT2D eigenvalue weighted by atomic mass is 10.0. The van der Waals surface area contributed by atoms with Crippen LogP contribution < -0.4 is 5.48 Å². The minimum atomic E-state index is -1.48. The van der Waals surface area contributed by atoms with Crippen molar-refractivity contribution in [1.82, 2.24) is 0 Å². The molecular formula is C16H15NO4. The van der Waals surface area contributed by atoms with E-state index in [0.717, 1.165) is 11.3 Å². The quantitative estimate of drug-likeness (QED) is 0.485. The summed E-state index contributed by atoms with van der Waals surface area (Å²) in [5.41, 5.74) is 5.29. The molecule has 2 aromatic carbocycles. The number of nitrogens with one attached hydrogen (secondary N) is 1. The van der Waals surface area contributed by atoms with E-state index in [4.69, 9.17) is 9.94 Å². The molecule has 2 rings (SSSR count). The molecule has 2 N–H and O–H groups in total. The molecule has 0 aromatic heterocycles. The van der Waals surface area contributed by atoms with E-state index in [0.29, 0.717) is 5.56 Å². The molecule has 5 nitrogen and oxygen atoms in total. The van der Waals surface area contributed by atoms with Crippen molar-refractivity contribution in [1.29, 1.82) is 0 Å². The van der Waals surface area contributed by atoms with Crippen LogP contribution in [0.25, 0.3) is 0 Å². The molecule has 0 fully saturated rings. The molecule has 0 bridgehead atoms. The number of benzene rings is 2. The van der Waals surface area contributed by atoms with Crippen LogP contribution >= 0.6 is 0 Å². The number of hydrogen-bond acceptors (Lipinski definition) is 4. The molecule has 2 aromatic rings. The Balaban J connectivity index is 2.06. The number of rotatable bonds is 6. The number of ketones is 1. The number of carbonyl (C=O) groups excluding carboxylic acids is 1. The van der Waals surface area contributed by atoms with E-state index in [1.165, 1.54) is 6.07 Å². The van der Waals surface area contributed by atoms with Gasteiger partial charge in [-0.2, -0.15) is 0 Å². The van der Waals surface area contributed by atoms with E-state index >= 15 is 0 Å². The number of aliphatic carboxylic acids is 1. The summed E-state index contributed by atoms with van der Waals surface area (Å²) in [6.07, 6.45) is 0. The highest BCUT2D eigenvalue weighted by Gasteiger charge is 2.17. The van der Waals surface area contributed by atoms with Gasteiger partial charge < -0.3 is 5.11 Å². The van der Waals surface area contributed by atoms with Crippen LogP contribution in [0.1, 0.15) is 21.5 Å². The van der Waals surface area contributed by atoms with Gasteiger partial charge in [0, 0.05) is 5.56 Å². The monoisotopic (exact) mass is 285 g/mol. The minimum Gasteiger partial charge on any atom is -0.475 e. The van der Waals surface area contributed by atoms with Crippen LogP contribution in [0, 0.1) is 6.92 Å². The Morgan fingerprint density at radius 2 is 1.76 bits per heavy atom. The van der Waals surface area contributed by atoms with Crippen molar-refractivity contribution in [3.05, 3.63) is 65.2 Å². The van der Waals surface area contributed by atoms with E-state index in [9.17, 15) is 9.59 Å². The first-order valence-electron chi connectivity index (χ1n) is 6.38. The van der Waals surface area contributed by atoms with Crippen molar-refractivity contribution in [2.24, 2.45) is 0 Å². The Kier molecular flexibility index (Phi) is 4.68. The van der Waals surface area contributed by atoms with Gasteiger partial charge in [-0.15, -0.1) is 0 Å². The van der Waals surface area contributed by atoms with Gasteiger partial charge in [-0.25, -0.2) is 4.79 Å². The lowest BCUT2D eigenvalue weighted by molar-refractivity contribution is -0.131. The van der Waals surface area contributed by atoms with Gasteiger partial charge in [-0.3, -0.25) is 15.1 Å². The number of aryl methyl sites for hydroxylation is 1. The van der Waals surface area contributed by atoms with E-state index in [1.807, 2.05) is 31.2 Å². The van der Waals surface area contributed by atoms with Crippen LogP contribution in [-0.4, -0.2) is 16.9 Å². The van der Waals surface area contributed by atoms with E-state index in [-0.39, 0.29) is 12.2 Å². The topological polar surface area (TPSA) is 75.6 Å². The van der Waals surface area contributed by atoms with Crippen LogP contribution in [0.15, 0.2) is 48.5 Å². The van der Waals surface area contributed by atoms with Crippen molar-refractivity contribution in [2.75, 3.05) is 5.48 Å². The number of carbonyl (C=O) groups is 2. The number of para-hydroxylation sites is 1. The van der Waals surface area contributed by atoms with Gasteiger partial charge in [0.2, 0.25) is 0 Å². The maximum atomic E-state index is 11.6. The molecule has 108 valence electrons. The van der Waals surface area contributed by atoms with E-state index in [2.05, 4.69) is 5.48 Å². The third kappa shape index (κ3) is 3.67. The molecule has 21 heavy (non-hydrogen) atoms. The standard InChI is InChI=1S/C16H15NO4/c1-11-6-2-5-9-14(11)17-21-10-12-7-3-4-8-13(12)15(18)16(19)20/h2-9,17H,10H2,1H3,(H,19,20). The second kappa shape index (κ2) is 6.67. The number of carboxylic acids is 1. The van der Waals surface area contributed by atoms with Crippen LogP contribution in [0.5, 0.6) is 0 Å². The molecule has 0 aliphatic rings. The number of anilines is 1. The highest BCUT2D eigenvalue weighted by atomic mass is 16.6. The molecule has 0 amide bonds. The molecule has 0 heterocycles. The fourth-order valence-corrected chi connectivity index (χ4v) is 1.86. The largest absolute Gasteiger partial charge is 0.475 e. The zero-order chi connectivity index (χ0) is 15.2. The maximum absolute atomic E-state index is 11.6. The van der Waals surface area contributed by atoms with Crippen molar-refractivity contribution >= 4 is 17.4 Å². The fraction of sp³-hybridized carbons (Fsp3) is 0.125. The average molecular weight is 285 g/mol. The lowest BCUT2D eigenvalue weighted by Gasteiger charge is -2.11. The Hall–Kier alpha value is -2.66. The molecule has 0 spiro atoms. The summed E-state index contributed by atoms with van der Waals surface area (Å²) < 4.78 is 0. The third-order valence-electron chi connectivity index (χ3n) is 3.01. The highest BCUT2D eigenvalue weighted by molar-refractivity contribution is 6.40. The van der Waals surface area contributed by atoms with Crippen molar-refractivity contribution in [3.8, 4) is 0 Å². The third-order valence-corrected chi connectivity index (χ3v) is 3.01. The van der Waals surface area contributed by atoms with Crippen molar-refractivity contribution < 1.29 is 19.5 Å². The van der Waals surface area contributed by atoms with Crippen LogP contribution in [-0.2, 0) is 16.2 Å². The van der Waals surface area contributed by atoms with Gasteiger partial charge in [-0.05, 0) is 24.1 Å². The Morgan fingerprint density at radius 1 is 1.10 bits per heavy atom. The summed E-state index contributed by atoms with van der Waals surface area (Å²) in [5.74, 6) is -2.42. The molecular weight excluding hydrogens is 270 g/mol. The van der Waals surface area contributed by atoms with Crippen molar-refractivity contribution in [2.45, 2.75) is 13.5 Å². The van der Waals surface area contributed by atoms with Gasteiger partial charge in [0.05, 0.1) is 5.69 Å². The van der Waals surface area contributed by atoms with Crippen LogP contribution in [0.3, 0.4) is 0 Å². The second-order valence-electron chi connectivity index (χ2n) is 4.50. The van der Waals surface area contributed by atoms with Crippen LogP contribution in [0.4, 0.5) is 5.69 Å². The summed E-state index contributed by atoms with van der Waals surface area (Å²) in [4.78, 5) is 27.7. The van der Waals surface area contributed by atoms with Crippen LogP contribution in [0.2, 0.25) is 0 Å².